The van der Waals surface area contributed by atoms with Gasteiger partial charge in [0.25, 0.3) is 5.91 Å². The number of aliphatic carboxylic acids is 1. The van der Waals surface area contributed by atoms with Gasteiger partial charge in [-0.2, -0.15) is 23.5 Å². The number of H-pyrrole nitrogens is 1. The smallest absolute Gasteiger partial charge is 0.477 e. The Morgan fingerprint density at radius 1 is 1.04 bits per heavy atom. The van der Waals surface area contributed by atoms with Gasteiger partial charge < -0.3 is 29.9 Å². The molecule has 2 aliphatic heterocycles. The van der Waals surface area contributed by atoms with Gasteiger partial charge in [-0.15, -0.1) is 0 Å². The number of alkyl halides is 3. The average molecular weight is 710 g/mol. The SMILES string of the molecule is CC(C)(Oc1cc(N2CCCC(C(=O)N(Cc3ccc(-c4cn[nH]c4)cc3)C3CC3)C2)ccc1C#N)C(=O)N1CCNCC1.O=C(O)C(F)(F)F. The molecule has 2 amide bonds. The number of piperidine rings is 1. The fourth-order valence-corrected chi connectivity index (χ4v) is 6.28. The number of carboxylic acids is 1. The molecule has 6 rings (SSSR count). The number of halogens is 3. The largest absolute Gasteiger partial charge is 0.490 e. The van der Waals surface area contributed by atoms with Gasteiger partial charge in [-0.3, -0.25) is 14.7 Å². The lowest BCUT2D eigenvalue weighted by Gasteiger charge is -2.37. The molecule has 1 atom stereocenters. The molecular formula is C36H42F3N7O5. The third-order valence-corrected chi connectivity index (χ3v) is 9.16. The van der Waals surface area contributed by atoms with E-state index in [9.17, 15) is 28.0 Å². The molecule has 2 aromatic carbocycles. The Balaban J connectivity index is 0.000000654. The number of amides is 2. The minimum atomic E-state index is -5.08. The number of nitrogens with zero attached hydrogens (tertiary/aromatic N) is 5. The molecule has 15 heteroatoms. The van der Waals surface area contributed by atoms with E-state index in [4.69, 9.17) is 14.6 Å². The number of benzene rings is 2. The highest BCUT2D eigenvalue weighted by molar-refractivity contribution is 5.85. The first-order valence-corrected chi connectivity index (χ1v) is 16.9. The van der Waals surface area contributed by atoms with Crippen molar-refractivity contribution in [2.45, 2.75) is 63.9 Å². The lowest BCUT2D eigenvalue weighted by Crippen LogP contribution is -2.54. The molecule has 3 heterocycles. The number of aromatic nitrogens is 2. The van der Waals surface area contributed by atoms with E-state index in [0.717, 1.165) is 67.7 Å². The number of carbonyl (C=O) groups excluding carboxylic acids is 2. The highest BCUT2D eigenvalue weighted by Gasteiger charge is 2.39. The molecule has 0 radical (unpaired) electrons. The molecule has 12 nitrogen and oxygen atoms in total. The number of hydrogen-bond donors (Lipinski definition) is 3. The van der Waals surface area contributed by atoms with E-state index in [-0.39, 0.29) is 17.7 Å². The maximum absolute atomic E-state index is 14.0. The van der Waals surface area contributed by atoms with E-state index in [0.29, 0.717) is 43.5 Å². The van der Waals surface area contributed by atoms with Crippen LogP contribution < -0.4 is 15.0 Å². The van der Waals surface area contributed by atoms with Crippen LogP contribution in [0.5, 0.6) is 5.75 Å². The Morgan fingerprint density at radius 3 is 2.31 bits per heavy atom. The molecule has 0 bridgehead atoms. The van der Waals surface area contributed by atoms with Crippen LogP contribution in [0.2, 0.25) is 0 Å². The second kappa shape index (κ2) is 15.8. The first kappa shape index (κ1) is 37.2. The van der Waals surface area contributed by atoms with Gasteiger partial charge >= 0.3 is 12.1 Å². The van der Waals surface area contributed by atoms with E-state index >= 15 is 0 Å². The number of nitrogens with one attached hydrogen (secondary N) is 2. The van der Waals surface area contributed by atoms with Gasteiger partial charge in [0.2, 0.25) is 5.91 Å². The summed E-state index contributed by atoms with van der Waals surface area (Å²) in [5, 5.41) is 27.1. The molecule has 3 N–H and O–H groups in total. The number of ether oxygens (including phenoxy) is 1. The zero-order valence-electron chi connectivity index (χ0n) is 28.6. The van der Waals surface area contributed by atoms with Crippen molar-refractivity contribution >= 4 is 23.5 Å². The summed E-state index contributed by atoms with van der Waals surface area (Å²) in [6, 6.07) is 16.4. The van der Waals surface area contributed by atoms with E-state index < -0.39 is 17.7 Å². The van der Waals surface area contributed by atoms with Crippen LogP contribution in [-0.2, 0) is 20.9 Å². The molecule has 2 saturated heterocycles. The molecular weight excluding hydrogens is 667 g/mol. The quantitative estimate of drug-likeness (QED) is 0.290. The number of carboxylic acid groups (broad SMARTS) is 1. The van der Waals surface area contributed by atoms with Crippen molar-refractivity contribution < 1.29 is 37.4 Å². The summed E-state index contributed by atoms with van der Waals surface area (Å²) in [5.41, 5.74) is 3.42. The molecule has 1 aromatic heterocycles. The van der Waals surface area contributed by atoms with Crippen molar-refractivity contribution in [2.75, 3.05) is 44.2 Å². The van der Waals surface area contributed by atoms with Crippen LogP contribution in [0.15, 0.2) is 54.9 Å². The van der Waals surface area contributed by atoms with E-state index in [1.807, 2.05) is 23.2 Å². The molecule has 1 aliphatic carbocycles. The lowest BCUT2D eigenvalue weighted by atomic mass is 9.95. The highest BCUT2D eigenvalue weighted by Crippen LogP contribution is 2.35. The molecule has 3 fully saturated rings. The maximum atomic E-state index is 14.0. The number of anilines is 1. The number of piperazine rings is 1. The van der Waals surface area contributed by atoms with Crippen LogP contribution in [0.4, 0.5) is 18.9 Å². The van der Waals surface area contributed by atoms with Gasteiger partial charge in [0.15, 0.2) is 5.60 Å². The standard InChI is InChI=1S/C34H41N7O3.C2HF3O2/c1-34(2,33(43)39-16-13-36-14-17-39)44-31-18-30(10-9-26(31)19-35)40-15-3-4-27(23-40)32(42)41(29-11-12-29)22-24-5-7-25(8-6-24)28-20-37-38-21-28;3-2(4,5)1(6)7/h5-10,18,20-21,27,29,36H,3-4,11-17,22-23H2,1-2H3,(H,37,38);(H,6,7). The summed E-state index contributed by atoms with van der Waals surface area (Å²) in [7, 11) is 0. The number of carbonyl (C=O) groups is 3. The molecule has 272 valence electrons. The fraction of sp³-hybridized carbons (Fsp3) is 0.472. The van der Waals surface area contributed by atoms with Crippen molar-refractivity contribution in [3.63, 3.8) is 0 Å². The predicted molar refractivity (Wildman–Crippen MR) is 182 cm³/mol. The Hall–Kier alpha value is -5.10. The van der Waals surface area contributed by atoms with Crippen LogP contribution in [0.3, 0.4) is 0 Å². The summed E-state index contributed by atoms with van der Waals surface area (Å²) in [6.45, 7) is 8.33. The number of aromatic amines is 1. The van der Waals surface area contributed by atoms with Crippen molar-refractivity contribution in [2.24, 2.45) is 5.92 Å². The highest BCUT2D eigenvalue weighted by atomic mass is 19.4. The van der Waals surface area contributed by atoms with Gasteiger partial charge in [-0.25, -0.2) is 4.79 Å². The maximum Gasteiger partial charge on any atom is 0.490 e. The Bertz CT molecular complexity index is 1710. The summed E-state index contributed by atoms with van der Waals surface area (Å²) in [4.78, 5) is 42.3. The normalized spacial score (nSPS) is 17.8. The van der Waals surface area contributed by atoms with E-state index in [2.05, 4.69) is 55.6 Å². The molecule has 51 heavy (non-hydrogen) atoms. The van der Waals surface area contributed by atoms with Crippen LogP contribution in [0, 0.1) is 17.2 Å². The first-order valence-electron chi connectivity index (χ1n) is 16.9. The lowest BCUT2D eigenvalue weighted by molar-refractivity contribution is -0.192. The van der Waals surface area contributed by atoms with E-state index in [1.165, 1.54) is 0 Å². The van der Waals surface area contributed by atoms with Gasteiger partial charge in [-0.1, -0.05) is 24.3 Å². The molecule has 0 spiro atoms. The summed E-state index contributed by atoms with van der Waals surface area (Å²) < 4.78 is 38.0. The zero-order chi connectivity index (χ0) is 36.8. The average Bonchev–Trinajstić information content (AvgIpc) is 3.82. The van der Waals surface area contributed by atoms with Gasteiger partial charge in [0, 0.05) is 75.4 Å². The van der Waals surface area contributed by atoms with Crippen LogP contribution in [0.25, 0.3) is 11.1 Å². The van der Waals surface area contributed by atoms with Crippen molar-refractivity contribution in [3.05, 3.63) is 66.0 Å². The van der Waals surface area contributed by atoms with Crippen molar-refractivity contribution in [1.82, 2.24) is 25.3 Å². The zero-order valence-corrected chi connectivity index (χ0v) is 28.6. The minimum Gasteiger partial charge on any atom is -0.477 e. The third-order valence-electron chi connectivity index (χ3n) is 9.16. The Kier molecular flexibility index (Phi) is 11.5. The monoisotopic (exact) mass is 709 g/mol. The summed E-state index contributed by atoms with van der Waals surface area (Å²) >= 11 is 0. The molecule has 1 unspecified atom stereocenters. The molecule has 1 saturated carbocycles. The topological polar surface area (TPSA) is 155 Å². The fourth-order valence-electron chi connectivity index (χ4n) is 6.28. The predicted octanol–water partition coefficient (Wildman–Crippen LogP) is 4.58. The molecule has 3 aliphatic rings. The van der Waals surface area contributed by atoms with E-state index in [1.54, 1.807) is 26.1 Å². The summed E-state index contributed by atoms with van der Waals surface area (Å²) in [6.07, 6.45) is 2.45. The number of rotatable bonds is 9. The second-order valence-corrected chi connectivity index (χ2v) is 13.4. The van der Waals surface area contributed by atoms with Gasteiger partial charge in [0.05, 0.1) is 17.7 Å². The van der Waals surface area contributed by atoms with Crippen LogP contribution in [0.1, 0.15) is 50.7 Å². The third kappa shape index (κ3) is 9.57. The van der Waals surface area contributed by atoms with Gasteiger partial charge in [0.1, 0.15) is 11.8 Å². The Morgan fingerprint density at radius 2 is 1.73 bits per heavy atom. The van der Waals surface area contributed by atoms with Crippen LogP contribution in [-0.4, -0.2) is 100.0 Å². The van der Waals surface area contributed by atoms with Crippen molar-refractivity contribution in [1.29, 1.82) is 5.26 Å². The second-order valence-electron chi connectivity index (χ2n) is 13.4. The molecule has 3 aromatic rings. The first-order chi connectivity index (χ1) is 24.3. The minimum absolute atomic E-state index is 0.0896. The number of nitriles is 1. The van der Waals surface area contributed by atoms with Crippen molar-refractivity contribution in [3.8, 4) is 22.9 Å². The summed E-state index contributed by atoms with van der Waals surface area (Å²) in [5.74, 6) is -2.35. The number of hydrogen-bond acceptors (Lipinski definition) is 8. The Labute approximate surface area is 294 Å². The van der Waals surface area contributed by atoms with Gasteiger partial charge in [-0.05, 0) is 62.8 Å². The van der Waals surface area contributed by atoms with Crippen LogP contribution >= 0.6 is 0 Å².